The van der Waals surface area contributed by atoms with E-state index in [1.54, 1.807) is 44.2 Å². The van der Waals surface area contributed by atoms with Gasteiger partial charge < -0.3 is 4.74 Å². The zero-order valence-corrected chi connectivity index (χ0v) is 12.8. The van der Waals surface area contributed by atoms with Gasteiger partial charge in [0, 0.05) is 13.1 Å². The average Bonchev–Trinajstić information content (AvgIpc) is 2.44. The fraction of sp³-hybridized carbons (Fsp3) is 0.462. The Hall–Kier alpha value is -1.44. The molecule has 7 heteroatoms. The van der Waals surface area contributed by atoms with Crippen molar-refractivity contribution in [2.45, 2.75) is 25.9 Å². The molecule has 0 aliphatic heterocycles. The van der Waals surface area contributed by atoms with Gasteiger partial charge in [-0.2, -0.15) is 17.4 Å². The van der Waals surface area contributed by atoms with Crippen molar-refractivity contribution in [3.05, 3.63) is 35.9 Å². The number of ether oxygens (including phenoxy) is 1. The van der Waals surface area contributed by atoms with Gasteiger partial charge in [-0.15, -0.1) is 0 Å². The minimum absolute atomic E-state index is 0.221. The average molecular weight is 300 g/mol. The van der Waals surface area contributed by atoms with Crippen molar-refractivity contribution in [3.8, 4) is 0 Å². The molecule has 0 radical (unpaired) electrons. The molecule has 6 nitrogen and oxygen atoms in total. The van der Waals surface area contributed by atoms with Crippen molar-refractivity contribution >= 4 is 16.2 Å². The first-order valence-corrected chi connectivity index (χ1v) is 7.61. The van der Waals surface area contributed by atoms with E-state index in [1.807, 2.05) is 0 Å². The molecule has 0 saturated heterocycles. The Labute approximate surface area is 119 Å². The minimum atomic E-state index is -3.78. The van der Waals surface area contributed by atoms with Gasteiger partial charge in [0.2, 0.25) is 0 Å². The lowest BCUT2D eigenvalue weighted by Gasteiger charge is -2.24. The van der Waals surface area contributed by atoms with Crippen LogP contribution in [0.3, 0.4) is 0 Å². The molecule has 1 N–H and O–H groups in total. The lowest BCUT2D eigenvalue weighted by Crippen LogP contribution is -2.45. The predicted octanol–water partition coefficient (Wildman–Crippen LogP) is 1.08. The molecule has 1 unspecified atom stereocenters. The highest BCUT2D eigenvalue weighted by molar-refractivity contribution is 7.87. The number of hydrogen-bond donors (Lipinski definition) is 1. The van der Waals surface area contributed by atoms with E-state index in [0.29, 0.717) is 5.56 Å². The van der Waals surface area contributed by atoms with Crippen LogP contribution < -0.4 is 4.72 Å². The van der Waals surface area contributed by atoms with Crippen LogP contribution in [-0.4, -0.2) is 38.9 Å². The van der Waals surface area contributed by atoms with Gasteiger partial charge in [0.25, 0.3) is 10.2 Å². The summed E-state index contributed by atoms with van der Waals surface area (Å²) in [7, 11) is -1.11. The summed E-state index contributed by atoms with van der Waals surface area (Å²) in [6, 6.07) is 7.29. The van der Waals surface area contributed by atoms with E-state index in [2.05, 4.69) is 9.46 Å². The van der Waals surface area contributed by atoms with Crippen molar-refractivity contribution < 1.29 is 17.9 Å². The first-order chi connectivity index (χ1) is 9.29. The van der Waals surface area contributed by atoms with Crippen molar-refractivity contribution in [3.63, 3.8) is 0 Å². The molecule has 0 heterocycles. The number of rotatable bonds is 6. The van der Waals surface area contributed by atoms with Crippen LogP contribution in [0.25, 0.3) is 0 Å². The van der Waals surface area contributed by atoms with Crippen molar-refractivity contribution in [2.24, 2.45) is 0 Å². The fourth-order valence-electron chi connectivity index (χ4n) is 1.53. The molecule has 1 aromatic carbocycles. The highest BCUT2D eigenvalue weighted by Gasteiger charge is 2.30. The van der Waals surface area contributed by atoms with Gasteiger partial charge in [-0.05, 0) is 19.4 Å². The highest BCUT2D eigenvalue weighted by atomic mass is 32.2. The molecule has 1 atom stereocenters. The van der Waals surface area contributed by atoms with E-state index in [4.69, 9.17) is 0 Å². The van der Waals surface area contributed by atoms with Gasteiger partial charge in [-0.3, -0.25) is 0 Å². The molecular weight excluding hydrogens is 280 g/mol. The quantitative estimate of drug-likeness (QED) is 0.798. The zero-order chi connectivity index (χ0) is 15.3. The number of carbonyl (C=O) groups excluding carboxylic acids is 1. The summed E-state index contributed by atoms with van der Waals surface area (Å²) in [4.78, 5) is 11.8. The maximum absolute atomic E-state index is 12.2. The molecule has 0 aliphatic carbocycles. The van der Waals surface area contributed by atoms with Crippen molar-refractivity contribution in [1.29, 1.82) is 0 Å². The maximum Gasteiger partial charge on any atom is 0.328 e. The summed E-state index contributed by atoms with van der Waals surface area (Å²) in [6.45, 7) is 3.49. The zero-order valence-electron chi connectivity index (χ0n) is 12.0. The summed E-state index contributed by atoms with van der Waals surface area (Å²) in [5.41, 5.74) is 0.528. The lowest BCUT2D eigenvalue weighted by atomic mass is 10.1. The molecule has 0 bridgehead atoms. The third kappa shape index (κ3) is 4.03. The van der Waals surface area contributed by atoms with Crippen LogP contribution in [0.15, 0.2) is 30.3 Å². The Balaban J connectivity index is 3.07. The van der Waals surface area contributed by atoms with Crippen LogP contribution in [0.1, 0.15) is 25.5 Å². The number of methoxy groups -OCH3 is 1. The Kier molecular flexibility index (Phi) is 5.67. The molecule has 1 rings (SSSR count). The third-order valence-corrected chi connectivity index (χ3v) is 4.66. The van der Waals surface area contributed by atoms with E-state index in [1.165, 1.54) is 14.2 Å². The number of esters is 1. The molecule has 0 saturated carbocycles. The number of benzene rings is 1. The van der Waals surface area contributed by atoms with Crippen LogP contribution in [-0.2, 0) is 19.7 Å². The van der Waals surface area contributed by atoms with Gasteiger partial charge in [0.05, 0.1) is 7.11 Å². The molecule has 20 heavy (non-hydrogen) atoms. The van der Waals surface area contributed by atoms with Gasteiger partial charge >= 0.3 is 5.97 Å². The van der Waals surface area contributed by atoms with E-state index in [0.717, 1.165) is 4.31 Å². The summed E-state index contributed by atoms with van der Waals surface area (Å²) >= 11 is 0. The van der Waals surface area contributed by atoms with Gasteiger partial charge in [-0.1, -0.05) is 30.3 Å². The number of nitrogens with one attached hydrogen (secondary N) is 1. The molecule has 0 aromatic heterocycles. The normalized spacial score (nSPS) is 13.5. The topological polar surface area (TPSA) is 75.7 Å². The number of nitrogens with zero attached hydrogens (tertiary/aromatic N) is 1. The summed E-state index contributed by atoms with van der Waals surface area (Å²) < 4.78 is 32.6. The first-order valence-electron chi connectivity index (χ1n) is 6.17. The molecule has 0 aliphatic rings. The molecular formula is C13H20N2O4S. The smallest absolute Gasteiger partial charge is 0.328 e. The Morgan fingerprint density at radius 2 is 1.80 bits per heavy atom. The largest absolute Gasteiger partial charge is 0.468 e. The van der Waals surface area contributed by atoms with Gasteiger partial charge in [-0.25, -0.2) is 4.79 Å². The van der Waals surface area contributed by atoms with Crippen LogP contribution in [0, 0.1) is 0 Å². The maximum atomic E-state index is 12.2. The lowest BCUT2D eigenvalue weighted by molar-refractivity contribution is -0.142. The van der Waals surface area contributed by atoms with Gasteiger partial charge in [0.1, 0.15) is 6.04 Å². The van der Waals surface area contributed by atoms with Crippen LogP contribution in [0.2, 0.25) is 0 Å². The van der Waals surface area contributed by atoms with E-state index in [9.17, 15) is 13.2 Å². The van der Waals surface area contributed by atoms with Crippen LogP contribution in [0.4, 0.5) is 0 Å². The van der Waals surface area contributed by atoms with E-state index < -0.39 is 22.2 Å². The molecule has 0 fully saturated rings. The second-order valence-electron chi connectivity index (χ2n) is 4.60. The SMILES string of the molecule is COC(=O)C(NS(=O)(=O)N(C)C(C)C)c1ccccc1. The van der Waals surface area contributed by atoms with Crippen molar-refractivity contribution in [1.82, 2.24) is 9.03 Å². The second-order valence-corrected chi connectivity index (χ2v) is 6.36. The number of hydrogen-bond acceptors (Lipinski definition) is 4. The summed E-state index contributed by atoms with van der Waals surface area (Å²) in [5, 5.41) is 0. The van der Waals surface area contributed by atoms with E-state index >= 15 is 0 Å². The molecule has 0 spiro atoms. The Bertz CT molecular complexity index is 543. The summed E-state index contributed by atoms with van der Waals surface area (Å²) in [6.07, 6.45) is 0. The standard InChI is InChI=1S/C13H20N2O4S/c1-10(2)15(3)20(17,18)14-12(13(16)19-4)11-8-6-5-7-9-11/h5-10,12,14H,1-4H3. The Morgan fingerprint density at radius 1 is 1.25 bits per heavy atom. The monoisotopic (exact) mass is 300 g/mol. The van der Waals surface area contributed by atoms with Crippen molar-refractivity contribution in [2.75, 3.05) is 14.2 Å². The fourth-order valence-corrected chi connectivity index (χ4v) is 2.78. The predicted molar refractivity (Wildman–Crippen MR) is 76.2 cm³/mol. The highest BCUT2D eigenvalue weighted by Crippen LogP contribution is 2.16. The van der Waals surface area contributed by atoms with Gasteiger partial charge in [0.15, 0.2) is 0 Å². The first kappa shape index (κ1) is 16.6. The van der Waals surface area contributed by atoms with Crippen LogP contribution >= 0.6 is 0 Å². The molecule has 1 aromatic rings. The second kappa shape index (κ2) is 6.83. The number of carbonyl (C=O) groups is 1. The van der Waals surface area contributed by atoms with E-state index in [-0.39, 0.29) is 6.04 Å². The Morgan fingerprint density at radius 3 is 2.25 bits per heavy atom. The summed E-state index contributed by atoms with van der Waals surface area (Å²) in [5.74, 6) is -0.656. The molecule has 0 amide bonds. The third-order valence-electron chi connectivity index (χ3n) is 2.94. The van der Waals surface area contributed by atoms with Crippen LogP contribution in [0.5, 0.6) is 0 Å². The molecule has 112 valence electrons. The minimum Gasteiger partial charge on any atom is -0.468 e.